The molecule has 1 saturated heterocycles. The van der Waals surface area contributed by atoms with E-state index in [4.69, 9.17) is 4.52 Å². The number of aryl methyl sites for hydroxylation is 3. The highest BCUT2D eigenvalue weighted by molar-refractivity contribution is 5.75. The fourth-order valence-electron chi connectivity index (χ4n) is 3.87. The van der Waals surface area contributed by atoms with Crippen LogP contribution in [0, 0.1) is 13.8 Å². The minimum atomic E-state index is -0.00119. The van der Waals surface area contributed by atoms with Gasteiger partial charge in [-0.15, -0.1) is 0 Å². The molecule has 1 fully saturated rings. The molecule has 2 aromatic rings. The number of likely N-dealkylation sites (tertiary alicyclic amines) is 1. The molecular weight excluding hydrogens is 326 g/mol. The quantitative estimate of drug-likeness (QED) is 0.861. The first kappa shape index (κ1) is 18.5. The maximum Gasteiger partial charge on any atom is 0.318 e. The highest BCUT2D eigenvalue weighted by Crippen LogP contribution is 2.34. The van der Waals surface area contributed by atoms with Crippen molar-refractivity contribution >= 4 is 6.03 Å². The number of benzene rings is 1. The van der Waals surface area contributed by atoms with E-state index in [0.29, 0.717) is 6.54 Å². The highest BCUT2D eigenvalue weighted by atomic mass is 16.5. The molecule has 1 N–H and O–H groups in total. The van der Waals surface area contributed by atoms with E-state index >= 15 is 0 Å². The summed E-state index contributed by atoms with van der Waals surface area (Å²) in [4.78, 5) is 14.9. The molecule has 1 aromatic carbocycles. The third kappa shape index (κ3) is 3.48. The summed E-state index contributed by atoms with van der Waals surface area (Å²) in [5, 5.41) is 7.22. The Morgan fingerprint density at radius 1 is 1.31 bits per heavy atom. The van der Waals surface area contributed by atoms with E-state index in [2.05, 4.69) is 49.4 Å². The van der Waals surface area contributed by atoms with Crippen LogP contribution in [-0.2, 0) is 19.4 Å². The van der Waals surface area contributed by atoms with E-state index in [1.807, 2.05) is 11.8 Å². The summed E-state index contributed by atoms with van der Waals surface area (Å²) < 4.78 is 5.40. The van der Waals surface area contributed by atoms with Crippen molar-refractivity contribution in [2.24, 2.45) is 0 Å². The predicted octanol–water partition coefficient (Wildman–Crippen LogP) is 4.46. The number of amides is 2. The molecule has 2 amide bonds. The predicted molar refractivity (Wildman–Crippen MR) is 102 cm³/mol. The first-order valence-corrected chi connectivity index (χ1v) is 9.63. The molecule has 1 aromatic heterocycles. The number of nitrogens with one attached hydrogen (secondary N) is 1. The second-order valence-corrected chi connectivity index (χ2v) is 7.04. The number of rotatable bonds is 5. The van der Waals surface area contributed by atoms with Crippen molar-refractivity contribution < 1.29 is 9.32 Å². The molecule has 26 heavy (non-hydrogen) atoms. The van der Waals surface area contributed by atoms with Gasteiger partial charge in [-0.3, -0.25) is 0 Å². The third-order valence-corrected chi connectivity index (χ3v) is 5.54. The van der Waals surface area contributed by atoms with Gasteiger partial charge in [0.25, 0.3) is 0 Å². The van der Waals surface area contributed by atoms with Crippen molar-refractivity contribution in [3.05, 3.63) is 51.9 Å². The molecule has 1 unspecified atom stereocenters. The molecule has 5 nitrogen and oxygen atoms in total. The summed E-state index contributed by atoms with van der Waals surface area (Å²) in [5.74, 6) is 0.870. The molecule has 0 aliphatic carbocycles. The van der Waals surface area contributed by atoms with E-state index in [1.54, 1.807) is 0 Å². The standard InChI is InChI=1S/C21H29N3O2/c1-5-18-17(20(6-2)26-23-18)13-22-21(25)24-12-8-11-19(24)16-10-7-9-14(3)15(16)4/h7,9-10,19H,5-6,8,11-13H2,1-4H3,(H,22,25). The number of carbonyl (C=O) groups excluding carboxylic acids is 1. The number of nitrogens with zero attached hydrogens (tertiary/aromatic N) is 2. The molecule has 0 spiro atoms. The smallest absolute Gasteiger partial charge is 0.318 e. The lowest BCUT2D eigenvalue weighted by atomic mass is 9.96. The molecule has 1 atom stereocenters. The van der Waals surface area contributed by atoms with Gasteiger partial charge in [0, 0.05) is 25.1 Å². The molecule has 2 heterocycles. The summed E-state index contributed by atoms with van der Waals surface area (Å²) in [7, 11) is 0. The zero-order chi connectivity index (χ0) is 18.7. The monoisotopic (exact) mass is 355 g/mol. The number of urea groups is 1. The molecule has 1 aliphatic heterocycles. The van der Waals surface area contributed by atoms with Crippen molar-refractivity contribution in [2.45, 2.75) is 66.0 Å². The Hall–Kier alpha value is -2.30. The Morgan fingerprint density at radius 3 is 2.85 bits per heavy atom. The van der Waals surface area contributed by atoms with Gasteiger partial charge in [-0.25, -0.2) is 4.79 Å². The molecule has 1 aliphatic rings. The zero-order valence-electron chi connectivity index (χ0n) is 16.3. The van der Waals surface area contributed by atoms with Gasteiger partial charge in [0.1, 0.15) is 5.76 Å². The number of hydrogen-bond acceptors (Lipinski definition) is 3. The molecule has 0 saturated carbocycles. The first-order chi connectivity index (χ1) is 12.6. The summed E-state index contributed by atoms with van der Waals surface area (Å²) in [6.45, 7) is 9.65. The lowest BCUT2D eigenvalue weighted by molar-refractivity contribution is 0.192. The lowest BCUT2D eigenvalue weighted by Gasteiger charge is -2.27. The first-order valence-electron chi connectivity index (χ1n) is 9.63. The van der Waals surface area contributed by atoms with Crippen molar-refractivity contribution in [1.82, 2.24) is 15.4 Å². The van der Waals surface area contributed by atoms with Crippen LogP contribution < -0.4 is 5.32 Å². The maximum atomic E-state index is 12.9. The lowest BCUT2D eigenvalue weighted by Crippen LogP contribution is -2.39. The van der Waals surface area contributed by atoms with Gasteiger partial charge in [-0.05, 0) is 49.8 Å². The van der Waals surface area contributed by atoms with E-state index in [1.165, 1.54) is 16.7 Å². The SMILES string of the molecule is CCc1noc(CC)c1CNC(=O)N1CCCC1c1cccc(C)c1C. The topological polar surface area (TPSA) is 58.4 Å². The summed E-state index contributed by atoms with van der Waals surface area (Å²) in [6.07, 6.45) is 3.65. The Labute approximate surface area is 155 Å². The summed E-state index contributed by atoms with van der Waals surface area (Å²) in [5.41, 5.74) is 5.81. The van der Waals surface area contributed by atoms with Crippen molar-refractivity contribution in [3.63, 3.8) is 0 Å². The van der Waals surface area contributed by atoms with Crippen LogP contribution in [0.25, 0.3) is 0 Å². The Morgan fingerprint density at radius 2 is 2.12 bits per heavy atom. The molecule has 5 heteroatoms. The zero-order valence-corrected chi connectivity index (χ0v) is 16.3. The van der Waals surface area contributed by atoms with Gasteiger partial charge in [-0.1, -0.05) is 37.2 Å². The van der Waals surface area contributed by atoms with Crippen LogP contribution in [0.2, 0.25) is 0 Å². The molecule has 0 radical (unpaired) electrons. The van der Waals surface area contributed by atoms with Crippen LogP contribution in [0.3, 0.4) is 0 Å². The second-order valence-electron chi connectivity index (χ2n) is 7.04. The van der Waals surface area contributed by atoms with Crippen LogP contribution in [0.15, 0.2) is 22.7 Å². The average molecular weight is 355 g/mol. The van der Waals surface area contributed by atoms with Crippen molar-refractivity contribution in [1.29, 1.82) is 0 Å². The van der Waals surface area contributed by atoms with Crippen LogP contribution in [-0.4, -0.2) is 22.6 Å². The van der Waals surface area contributed by atoms with Gasteiger partial charge in [-0.2, -0.15) is 0 Å². The Balaban J connectivity index is 1.73. The van der Waals surface area contributed by atoms with Gasteiger partial charge in [0.2, 0.25) is 0 Å². The molecular formula is C21H29N3O2. The van der Waals surface area contributed by atoms with Crippen molar-refractivity contribution in [3.8, 4) is 0 Å². The largest absolute Gasteiger partial charge is 0.361 e. The third-order valence-electron chi connectivity index (χ3n) is 5.54. The average Bonchev–Trinajstić information content (AvgIpc) is 3.28. The number of aromatic nitrogens is 1. The normalized spacial score (nSPS) is 16.9. The summed E-state index contributed by atoms with van der Waals surface area (Å²) in [6, 6.07) is 6.53. The van der Waals surface area contributed by atoms with Crippen LogP contribution in [0.4, 0.5) is 4.79 Å². The summed E-state index contributed by atoms with van der Waals surface area (Å²) >= 11 is 0. The van der Waals surface area contributed by atoms with Crippen molar-refractivity contribution in [2.75, 3.05) is 6.54 Å². The minimum Gasteiger partial charge on any atom is -0.361 e. The molecule has 3 rings (SSSR count). The highest BCUT2D eigenvalue weighted by Gasteiger charge is 2.31. The minimum absolute atomic E-state index is 0.00119. The van der Waals surface area contributed by atoms with Gasteiger partial charge >= 0.3 is 6.03 Å². The number of hydrogen-bond donors (Lipinski definition) is 1. The molecule has 0 bridgehead atoms. The van der Waals surface area contributed by atoms with E-state index in [9.17, 15) is 4.79 Å². The maximum absolute atomic E-state index is 12.9. The molecule has 140 valence electrons. The van der Waals surface area contributed by atoms with Gasteiger partial charge in [0.05, 0.1) is 11.7 Å². The van der Waals surface area contributed by atoms with Crippen LogP contribution >= 0.6 is 0 Å². The van der Waals surface area contributed by atoms with E-state index in [0.717, 1.165) is 49.2 Å². The van der Waals surface area contributed by atoms with Crippen LogP contribution in [0.1, 0.15) is 66.4 Å². The fourth-order valence-corrected chi connectivity index (χ4v) is 3.87. The number of carbonyl (C=O) groups is 1. The van der Waals surface area contributed by atoms with Gasteiger partial charge < -0.3 is 14.7 Å². The van der Waals surface area contributed by atoms with Gasteiger partial charge in [0.15, 0.2) is 0 Å². The second kappa shape index (κ2) is 7.94. The fraction of sp³-hybridized carbons (Fsp3) is 0.524. The Kier molecular flexibility index (Phi) is 5.64. The van der Waals surface area contributed by atoms with E-state index in [-0.39, 0.29) is 12.1 Å². The van der Waals surface area contributed by atoms with Crippen LogP contribution in [0.5, 0.6) is 0 Å². The Bertz CT molecular complexity index is 760. The van der Waals surface area contributed by atoms with E-state index < -0.39 is 0 Å².